The number of ether oxygens (including phenoxy) is 2. The number of rotatable bonds is 6. The molecule has 5 nitrogen and oxygen atoms in total. The number of esters is 1. The van der Waals surface area contributed by atoms with Crippen molar-refractivity contribution < 1.29 is 19.1 Å². The second-order valence-corrected chi connectivity index (χ2v) is 9.13. The molecule has 1 aliphatic heterocycles. The van der Waals surface area contributed by atoms with Gasteiger partial charge in [0, 0.05) is 11.7 Å². The first kappa shape index (κ1) is 21.8. The van der Waals surface area contributed by atoms with Crippen molar-refractivity contribution in [3.63, 3.8) is 0 Å². The van der Waals surface area contributed by atoms with Gasteiger partial charge in [-0.1, -0.05) is 49.6 Å². The highest BCUT2D eigenvalue weighted by molar-refractivity contribution is 7.99. The maximum Gasteiger partial charge on any atom is 0.329 e. The maximum atomic E-state index is 13.6. The molecule has 1 saturated carbocycles. The minimum absolute atomic E-state index is 0.00405. The molecule has 0 bridgehead atoms. The number of benzene rings is 2. The zero-order valence-corrected chi connectivity index (χ0v) is 18.7. The lowest BCUT2D eigenvalue weighted by Gasteiger charge is -2.33. The molecule has 2 atom stereocenters. The smallest absolute Gasteiger partial charge is 0.329 e. The van der Waals surface area contributed by atoms with Crippen LogP contribution in [0.1, 0.15) is 50.0 Å². The van der Waals surface area contributed by atoms with E-state index in [1.54, 1.807) is 23.6 Å². The highest BCUT2D eigenvalue weighted by atomic mass is 32.2. The van der Waals surface area contributed by atoms with Crippen LogP contribution < -0.4 is 4.74 Å². The zero-order chi connectivity index (χ0) is 21.6. The van der Waals surface area contributed by atoms with Crippen LogP contribution in [0.15, 0.2) is 54.6 Å². The van der Waals surface area contributed by atoms with Gasteiger partial charge in [-0.05, 0) is 49.6 Å². The van der Waals surface area contributed by atoms with Crippen molar-refractivity contribution >= 4 is 23.6 Å². The molecule has 1 aliphatic carbocycles. The number of hydrogen-bond donors (Lipinski definition) is 0. The number of carbonyl (C=O) groups excluding carboxylic acids is 2. The fourth-order valence-electron chi connectivity index (χ4n) is 4.37. The monoisotopic (exact) mass is 439 g/mol. The topological polar surface area (TPSA) is 55.8 Å². The zero-order valence-electron chi connectivity index (χ0n) is 17.9. The van der Waals surface area contributed by atoms with Gasteiger partial charge in [0.15, 0.2) is 0 Å². The van der Waals surface area contributed by atoms with Crippen LogP contribution in [-0.4, -0.2) is 35.2 Å². The number of amides is 1. The lowest BCUT2D eigenvalue weighted by Crippen LogP contribution is -2.46. The van der Waals surface area contributed by atoms with E-state index in [0.717, 1.165) is 37.0 Å². The normalized spacial score (nSPS) is 21.6. The summed E-state index contributed by atoms with van der Waals surface area (Å²) in [4.78, 5) is 28.0. The summed E-state index contributed by atoms with van der Waals surface area (Å²) in [5, 5.41) is -0.219. The van der Waals surface area contributed by atoms with E-state index < -0.39 is 6.04 Å². The lowest BCUT2D eigenvalue weighted by atomic mass is 9.88. The van der Waals surface area contributed by atoms with Gasteiger partial charge >= 0.3 is 5.97 Å². The van der Waals surface area contributed by atoms with E-state index in [1.807, 2.05) is 54.6 Å². The standard InChI is InChI=1S/C25H29NO4S/c1-2-29-25(28)22-17-31-24(26(22)23(27)18-10-5-3-6-11-18)19-12-9-15-21(16-19)30-20-13-7-4-8-14-20/h4,7-9,12-16,18,22,24H,2-3,5-6,10-11,17H2,1H3. The molecule has 1 amide bonds. The Morgan fingerprint density at radius 2 is 1.74 bits per heavy atom. The number of thioether (sulfide) groups is 1. The highest BCUT2D eigenvalue weighted by Crippen LogP contribution is 2.44. The predicted molar refractivity (Wildman–Crippen MR) is 122 cm³/mol. The van der Waals surface area contributed by atoms with Crippen LogP contribution >= 0.6 is 11.8 Å². The van der Waals surface area contributed by atoms with Gasteiger partial charge in [-0.2, -0.15) is 0 Å². The average Bonchev–Trinajstić information content (AvgIpc) is 3.25. The van der Waals surface area contributed by atoms with Gasteiger partial charge in [-0.25, -0.2) is 4.79 Å². The molecule has 2 aromatic carbocycles. The molecular formula is C25H29NO4S. The molecule has 0 N–H and O–H groups in total. The Morgan fingerprint density at radius 3 is 2.48 bits per heavy atom. The molecule has 2 unspecified atom stereocenters. The number of carbonyl (C=O) groups is 2. The third-order valence-corrected chi connectivity index (χ3v) is 7.21. The summed E-state index contributed by atoms with van der Waals surface area (Å²) in [5.41, 5.74) is 0.967. The van der Waals surface area contributed by atoms with E-state index in [4.69, 9.17) is 9.47 Å². The van der Waals surface area contributed by atoms with Crippen molar-refractivity contribution in [3.05, 3.63) is 60.2 Å². The minimum atomic E-state index is -0.539. The summed E-state index contributed by atoms with van der Waals surface area (Å²) in [6.07, 6.45) is 5.14. The fourth-order valence-corrected chi connectivity index (χ4v) is 5.78. The Kier molecular flexibility index (Phi) is 7.17. The Balaban J connectivity index is 1.60. The van der Waals surface area contributed by atoms with Crippen LogP contribution in [0, 0.1) is 5.92 Å². The van der Waals surface area contributed by atoms with E-state index in [1.165, 1.54) is 6.42 Å². The number of nitrogens with zero attached hydrogens (tertiary/aromatic N) is 1. The molecule has 0 radical (unpaired) electrons. The molecular weight excluding hydrogens is 410 g/mol. The molecule has 164 valence electrons. The van der Waals surface area contributed by atoms with Crippen LogP contribution in [0.5, 0.6) is 11.5 Å². The fraction of sp³-hybridized carbons (Fsp3) is 0.440. The van der Waals surface area contributed by atoms with E-state index in [2.05, 4.69) is 0 Å². The van der Waals surface area contributed by atoms with E-state index >= 15 is 0 Å². The Bertz CT molecular complexity index is 897. The van der Waals surface area contributed by atoms with E-state index in [9.17, 15) is 9.59 Å². The van der Waals surface area contributed by atoms with Crippen molar-refractivity contribution in [2.45, 2.75) is 50.4 Å². The first-order chi connectivity index (χ1) is 15.2. The molecule has 0 aromatic heterocycles. The first-order valence-corrected chi connectivity index (χ1v) is 12.2. The summed E-state index contributed by atoms with van der Waals surface area (Å²) < 4.78 is 11.3. The third-order valence-electron chi connectivity index (χ3n) is 5.89. The van der Waals surface area contributed by atoms with Gasteiger partial charge in [-0.15, -0.1) is 11.8 Å². The lowest BCUT2D eigenvalue weighted by molar-refractivity contribution is -0.155. The average molecular weight is 440 g/mol. The molecule has 31 heavy (non-hydrogen) atoms. The predicted octanol–water partition coefficient (Wildman–Crippen LogP) is 5.56. The van der Waals surface area contributed by atoms with Crippen molar-refractivity contribution in [2.75, 3.05) is 12.4 Å². The number of para-hydroxylation sites is 1. The van der Waals surface area contributed by atoms with Crippen molar-refractivity contribution in [2.24, 2.45) is 5.92 Å². The molecule has 2 aliphatic rings. The largest absolute Gasteiger partial charge is 0.464 e. The van der Waals surface area contributed by atoms with Crippen LogP contribution in [0.3, 0.4) is 0 Å². The van der Waals surface area contributed by atoms with Crippen LogP contribution in [0.25, 0.3) is 0 Å². The number of hydrogen-bond acceptors (Lipinski definition) is 5. The van der Waals surface area contributed by atoms with Crippen LogP contribution in [0.2, 0.25) is 0 Å². The second kappa shape index (κ2) is 10.2. The SMILES string of the molecule is CCOC(=O)C1CSC(c2cccc(Oc3ccccc3)c2)N1C(=O)C1CCCCC1. The first-order valence-electron chi connectivity index (χ1n) is 11.1. The van der Waals surface area contributed by atoms with Gasteiger partial charge in [0.25, 0.3) is 0 Å². The van der Waals surface area contributed by atoms with Gasteiger partial charge in [0.1, 0.15) is 22.9 Å². The molecule has 6 heteroatoms. The van der Waals surface area contributed by atoms with Gasteiger partial charge in [0.05, 0.1) is 6.61 Å². The Morgan fingerprint density at radius 1 is 1.00 bits per heavy atom. The maximum absolute atomic E-state index is 13.6. The summed E-state index contributed by atoms with van der Waals surface area (Å²) in [7, 11) is 0. The van der Waals surface area contributed by atoms with E-state index in [-0.39, 0.29) is 23.2 Å². The van der Waals surface area contributed by atoms with Crippen LogP contribution in [0.4, 0.5) is 0 Å². The van der Waals surface area contributed by atoms with Crippen LogP contribution in [-0.2, 0) is 14.3 Å². The molecule has 2 fully saturated rings. The van der Waals surface area contributed by atoms with E-state index in [0.29, 0.717) is 18.1 Å². The quantitative estimate of drug-likeness (QED) is 0.551. The summed E-state index contributed by atoms with van der Waals surface area (Å²) in [6, 6.07) is 16.9. The summed E-state index contributed by atoms with van der Waals surface area (Å²) >= 11 is 1.62. The van der Waals surface area contributed by atoms with Gasteiger partial charge in [0.2, 0.25) is 5.91 Å². The van der Waals surface area contributed by atoms with Gasteiger partial charge < -0.3 is 14.4 Å². The molecule has 4 rings (SSSR count). The van der Waals surface area contributed by atoms with Crippen molar-refractivity contribution in [3.8, 4) is 11.5 Å². The van der Waals surface area contributed by atoms with Gasteiger partial charge in [-0.3, -0.25) is 4.79 Å². The Hall–Kier alpha value is -2.47. The van der Waals surface area contributed by atoms with Crippen molar-refractivity contribution in [1.29, 1.82) is 0 Å². The minimum Gasteiger partial charge on any atom is -0.464 e. The molecule has 2 aromatic rings. The molecule has 1 heterocycles. The summed E-state index contributed by atoms with van der Waals surface area (Å²) in [6.45, 7) is 2.12. The Labute approximate surface area is 188 Å². The molecule has 0 spiro atoms. The molecule has 1 saturated heterocycles. The second-order valence-electron chi connectivity index (χ2n) is 8.02. The highest BCUT2D eigenvalue weighted by Gasteiger charge is 2.45. The summed E-state index contributed by atoms with van der Waals surface area (Å²) in [5.74, 6) is 1.80. The van der Waals surface area contributed by atoms with Crippen molar-refractivity contribution in [1.82, 2.24) is 4.90 Å². The third kappa shape index (κ3) is 5.06.